The van der Waals surface area contributed by atoms with Crippen molar-refractivity contribution < 1.29 is 27.4 Å². The first-order chi connectivity index (χ1) is 16.0. The number of benzene rings is 2. The van der Waals surface area contributed by atoms with E-state index in [1.54, 1.807) is 25.3 Å². The monoisotopic (exact) mass is 462 g/mol. The van der Waals surface area contributed by atoms with E-state index in [0.717, 1.165) is 38.7 Å². The lowest BCUT2D eigenvalue weighted by molar-refractivity contribution is -0.109. The molecule has 1 aromatic heterocycles. The second-order valence-electron chi connectivity index (χ2n) is 8.09. The van der Waals surface area contributed by atoms with Gasteiger partial charge in [-0.15, -0.1) is 0 Å². The SMILES string of the molecule is COC1CCC1.Fc1ccc(-c2cc3cc(F)cc(F)c3[nH]2)cc1.O=CNCC1CCOC1. The Kier molecular flexibility index (Phi) is 9.33. The quantitative estimate of drug-likeness (QED) is 0.512. The fourth-order valence-corrected chi connectivity index (χ4v) is 3.52. The molecule has 5 rings (SSSR count). The second-order valence-corrected chi connectivity index (χ2v) is 8.09. The van der Waals surface area contributed by atoms with Gasteiger partial charge in [-0.25, -0.2) is 13.2 Å². The van der Waals surface area contributed by atoms with Crippen molar-refractivity contribution in [3.63, 3.8) is 0 Å². The highest BCUT2D eigenvalue weighted by atomic mass is 19.1. The number of nitrogens with one attached hydrogen (secondary N) is 2. The Morgan fingerprint density at radius 2 is 1.85 bits per heavy atom. The Labute approximate surface area is 191 Å². The standard InChI is InChI=1S/C14H8F3N.C6H11NO2.C5H10O/c15-10-3-1-8(2-4-10)13-6-9-5-11(16)7-12(17)14(9)18-13;8-5-7-3-6-1-2-9-4-6;1-6-5-3-2-4-5/h1-7,18H;5-6H,1-4H2,(H,7,8);5H,2-4H2,1H3. The molecule has 1 unspecified atom stereocenters. The highest BCUT2D eigenvalue weighted by Crippen LogP contribution is 2.26. The van der Waals surface area contributed by atoms with E-state index >= 15 is 0 Å². The Morgan fingerprint density at radius 3 is 2.39 bits per heavy atom. The van der Waals surface area contributed by atoms with Crippen LogP contribution in [0.1, 0.15) is 25.7 Å². The number of rotatable bonds is 5. The van der Waals surface area contributed by atoms with Gasteiger partial charge in [0.15, 0.2) is 0 Å². The number of ether oxygens (including phenoxy) is 2. The van der Waals surface area contributed by atoms with E-state index in [1.807, 2.05) is 0 Å². The largest absolute Gasteiger partial charge is 0.381 e. The van der Waals surface area contributed by atoms with E-state index in [0.29, 0.717) is 28.7 Å². The maximum absolute atomic E-state index is 13.5. The van der Waals surface area contributed by atoms with Crippen LogP contribution in [-0.4, -0.2) is 44.4 Å². The average Bonchev–Trinajstić information content (AvgIpc) is 3.43. The van der Waals surface area contributed by atoms with Crippen molar-refractivity contribution in [2.45, 2.75) is 31.8 Å². The molecule has 2 aliphatic rings. The van der Waals surface area contributed by atoms with Crippen molar-refractivity contribution in [2.75, 3.05) is 26.9 Å². The van der Waals surface area contributed by atoms with Gasteiger partial charge in [-0.3, -0.25) is 4.79 Å². The highest BCUT2D eigenvalue weighted by molar-refractivity contribution is 5.86. The number of halogens is 3. The Hall–Kier alpha value is -2.84. The average molecular weight is 463 g/mol. The summed E-state index contributed by atoms with van der Waals surface area (Å²) in [5.74, 6) is -1.05. The van der Waals surface area contributed by atoms with Crippen molar-refractivity contribution in [1.82, 2.24) is 10.3 Å². The smallest absolute Gasteiger partial charge is 0.207 e. The number of hydrogen-bond acceptors (Lipinski definition) is 3. The lowest BCUT2D eigenvalue weighted by Gasteiger charge is -2.22. The van der Waals surface area contributed by atoms with Gasteiger partial charge in [0, 0.05) is 43.3 Å². The zero-order valence-corrected chi connectivity index (χ0v) is 18.6. The summed E-state index contributed by atoms with van der Waals surface area (Å²) in [6.07, 6.45) is 6.38. The Balaban J connectivity index is 0.000000169. The third-order valence-electron chi connectivity index (χ3n) is 5.70. The number of carbonyl (C=O) groups excluding carboxylic acids is 1. The molecule has 0 spiro atoms. The zero-order valence-electron chi connectivity index (χ0n) is 18.6. The fraction of sp³-hybridized carbons (Fsp3) is 0.400. The van der Waals surface area contributed by atoms with E-state index in [2.05, 4.69) is 10.3 Å². The summed E-state index contributed by atoms with van der Waals surface area (Å²) in [5, 5.41) is 3.08. The minimum Gasteiger partial charge on any atom is -0.381 e. The van der Waals surface area contributed by atoms with Crippen LogP contribution in [0.2, 0.25) is 0 Å². The van der Waals surface area contributed by atoms with Crippen LogP contribution in [0.25, 0.3) is 22.2 Å². The summed E-state index contributed by atoms with van der Waals surface area (Å²) >= 11 is 0. The first kappa shape index (κ1) is 24.8. The van der Waals surface area contributed by atoms with E-state index in [9.17, 15) is 18.0 Å². The molecular formula is C25H29F3N2O3. The van der Waals surface area contributed by atoms with Crippen molar-refractivity contribution in [3.8, 4) is 11.3 Å². The molecule has 1 saturated carbocycles. The molecule has 1 aliphatic carbocycles. The van der Waals surface area contributed by atoms with Gasteiger partial charge in [0.2, 0.25) is 6.41 Å². The number of aromatic nitrogens is 1. The topological polar surface area (TPSA) is 63.4 Å². The van der Waals surface area contributed by atoms with Crippen LogP contribution in [0.4, 0.5) is 13.2 Å². The summed E-state index contributed by atoms with van der Waals surface area (Å²) in [6.45, 7) is 2.43. The van der Waals surface area contributed by atoms with Crippen LogP contribution in [0.5, 0.6) is 0 Å². The molecule has 1 saturated heterocycles. The molecule has 2 fully saturated rings. The van der Waals surface area contributed by atoms with Gasteiger partial charge >= 0.3 is 0 Å². The number of carbonyl (C=O) groups is 1. The molecule has 0 bridgehead atoms. The molecule has 1 aliphatic heterocycles. The minimum atomic E-state index is -0.640. The normalized spacial score (nSPS) is 17.4. The van der Waals surface area contributed by atoms with Crippen molar-refractivity contribution in [2.24, 2.45) is 5.92 Å². The molecule has 0 radical (unpaired) electrons. The molecule has 3 aromatic rings. The molecule has 33 heavy (non-hydrogen) atoms. The van der Waals surface area contributed by atoms with Gasteiger partial charge in [-0.05, 0) is 67.6 Å². The number of amides is 1. The summed E-state index contributed by atoms with van der Waals surface area (Å²) in [5.41, 5.74) is 1.58. The third kappa shape index (κ3) is 7.33. The second kappa shape index (κ2) is 12.4. The van der Waals surface area contributed by atoms with Crippen molar-refractivity contribution >= 4 is 17.3 Å². The zero-order chi connectivity index (χ0) is 23.6. The first-order valence-corrected chi connectivity index (χ1v) is 11.0. The Morgan fingerprint density at radius 1 is 1.09 bits per heavy atom. The molecule has 2 heterocycles. The minimum absolute atomic E-state index is 0.246. The van der Waals surface area contributed by atoms with Crippen LogP contribution >= 0.6 is 0 Å². The fourth-order valence-electron chi connectivity index (χ4n) is 3.52. The number of methoxy groups -OCH3 is 1. The summed E-state index contributed by atoms with van der Waals surface area (Å²) in [4.78, 5) is 12.7. The molecule has 1 atom stereocenters. The molecule has 2 N–H and O–H groups in total. The molecule has 2 aromatic carbocycles. The third-order valence-corrected chi connectivity index (χ3v) is 5.70. The van der Waals surface area contributed by atoms with Crippen LogP contribution in [0.3, 0.4) is 0 Å². The van der Waals surface area contributed by atoms with E-state index in [4.69, 9.17) is 9.47 Å². The van der Waals surface area contributed by atoms with Crippen LogP contribution in [0.15, 0.2) is 42.5 Å². The maximum atomic E-state index is 13.5. The van der Waals surface area contributed by atoms with Gasteiger partial charge in [0.05, 0.1) is 18.2 Å². The van der Waals surface area contributed by atoms with Crippen molar-refractivity contribution in [3.05, 3.63) is 59.9 Å². The van der Waals surface area contributed by atoms with Gasteiger partial charge in [0.1, 0.15) is 17.5 Å². The lowest BCUT2D eigenvalue weighted by atomic mass is 9.96. The number of fused-ring (bicyclic) bond motifs is 1. The number of hydrogen-bond donors (Lipinski definition) is 2. The van der Waals surface area contributed by atoms with Crippen LogP contribution in [-0.2, 0) is 14.3 Å². The van der Waals surface area contributed by atoms with E-state index < -0.39 is 11.6 Å². The summed E-state index contributed by atoms with van der Waals surface area (Å²) in [6, 6.07) is 9.50. The maximum Gasteiger partial charge on any atom is 0.207 e. The molecule has 5 nitrogen and oxygen atoms in total. The highest BCUT2D eigenvalue weighted by Gasteiger charge is 2.15. The van der Waals surface area contributed by atoms with Gasteiger partial charge in [-0.1, -0.05) is 0 Å². The number of H-pyrrole nitrogens is 1. The van der Waals surface area contributed by atoms with Gasteiger partial charge in [-0.2, -0.15) is 0 Å². The number of aromatic amines is 1. The lowest BCUT2D eigenvalue weighted by Crippen LogP contribution is -2.21. The Bertz CT molecular complexity index is 1010. The van der Waals surface area contributed by atoms with Gasteiger partial charge in [0.25, 0.3) is 0 Å². The van der Waals surface area contributed by atoms with E-state index in [1.165, 1.54) is 37.5 Å². The summed E-state index contributed by atoms with van der Waals surface area (Å²) < 4.78 is 49.5. The first-order valence-electron chi connectivity index (χ1n) is 11.0. The summed E-state index contributed by atoms with van der Waals surface area (Å²) in [7, 11) is 1.78. The molecule has 8 heteroatoms. The van der Waals surface area contributed by atoms with E-state index in [-0.39, 0.29) is 11.3 Å². The predicted octanol–water partition coefficient (Wildman–Crippen LogP) is 5.21. The molecule has 178 valence electrons. The van der Waals surface area contributed by atoms with Crippen molar-refractivity contribution in [1.29, 1.82) is 0 Å². The van der Waals surface area contributed by atoms with Crippen LogP contribution < -0.4 is 5.32 Å². The van der Waals surface area contributed by atoms with Crippen LogP contribution in [0, 0.1) is 23.4 Å². The molecule has 1 amide bonds. The predicted molar refractivity (Wildman–Crippen MR) is 121 cm³/mol. The van der Waals surface area contributed by atoms with Gasteiger partial charge < -0.3 is 19.8 Å². The molecular weight excluding hydrogens is 433 g/mol.